The average molecular weight is 553 g/mol. The number of methoxy groups -OCH3 is 1. The molecule has 0 radical (unpaired) electrons. The van der Waals surface area contributed by atoms with E-state index < -0.39 is 5.97 Å². The molecule has 1 amide bonds. The van der Waals surface area contributed by atoms with Gasteiger partial charge in [0.2, 0.25) is 0 Å². The highest BCUT2D eigenvalue weighted by Gasteiger charge is 2.30. The second kappa shape index (κ2) is 10.8. The van der Waals surface area contributed by atoms with E-state index in [4.69, 9.17) is 9.47 Å². The largest absolute Gasteiger partial charge is 0.493 e. The van der Waals surface area contributed by atoms with Crippen LogP contribution in [0, 0.1) is 0 Å². The highest BCUT2D eigenvalue weighted by atomic mass is 79.9. The average Bonchev–Trinajstić information content (AvgIpc) is 3.12. The van der Waals surface area contributed by atoms with Crippen LogP contribution < -0.4 is 9.47 Å². The minimum Gasteiger partial charge on any atom is -0.493 e. The molecule has 35 heavy (non-hydrogen) atoms. The second-order valence-electron chi connectivity index (χ2n) is 7.52. The van der Waals surface area contributed by atoms with Crippen LogP contribution in [-0.4, -0.2) is 41.2 Å². The molecule has 1 fully saturated rings. The number of benzene rings is 3. The van der Waals surface area contributed by atoms with Crippen molar-refractivity contribution in [3.63, 3.8) is 0 Å². The fourth-order valence-electron chi connectivity index (χ4n) is 3.28. The van der Waals surface area contributed by atoms with Crippen molar-refractivity contribution in [3.05, 3.63) is 92.8 Å². The smallest absolute Gasteiger partial charge is 0.335 e. The molecular weight excluding hydrogens is 532 g/mol. The number of hydrogen-bond acceptors (Lipinski definition) is 6. The Kier molecular flexibility index (Phi) is 7.57. The van der Waals surface area contributed by atoms with Crippen LogP contribution in [-0.2, 0) is 11.4 Å². The molecule has 4 rings (SSSR count). The maximum Gasteiger partial charge on any atom is 0.335 e. The number of aliphatic imine (C=N–C) groups is 1. The molecular formula is C26H21BrN2O5S. The van der Waals surface area contributed by atoms with Gasteiger partial charge in [0.25, 0.3) is 5.91 Å². The highest BCUT2D eigenvalue weighted by molar-refractivity contribution is 9.10. The quantitative estimate of drug-likeness (QED) is 0.363. The lowest BCUT2D eigenvalue weighted by atomic mass is 10.1. The third-order valence-electron chi connectivity index (χ3n) is 5.13. The Balaban J connectivity index is 1.58. The van der Waals surface area contributed by atoms with Gasteiger partial charge in [0.15, 0.2) is 16.7 Å². The predicted octanol–water partition coefficient (Wildman–Crippen LogP) is 5.97. The van der Waals surface area contributed by atoms with E-state index in [0.29, 0.717) is 33.9 Å². The number of aromatic carboxylic acids is 1. The third-order valence-corrected chi connectivity index (χ3v) is 6.88. The van der Waals surface area contributed by atoms with Gasteiger partial charge in [-0.05, 0) is 59.3 Å². The van der Waals surface area contributed by atoms with Crippen molar-refractivity contribution >= 4 is 56.5 Å². The van der Waals surface area contributed by atoms with Crippen LogP contribution >= 0.6 is 27.7 Å². The summed E-state index contributed by atoms with van der Waals surface area (Å²) in [5, 5.41) is 9.65. The SMILES string of the molecule is COc1cc(/C=C2\SC(=Nc3cccc(C(=O)O)c3)N(C)C2=O)c(Br)cc1OCc1ccccc1. The summed E-state index contributed by atoms with van der Waals surface area (Å²) in [5.74, 6) is -0.128. The van der Waals surface area contributed by atoms with Crippen LogP contribution in [0.15, 0.2) is 81.1 Å². The van der Waals surface area contributed by atoms with Gasteiger partial charge < -0.3 is 14.6 Å². The molecule has 1 heterocycles. The van der Waals surface area contributed by atoms with E-state index in [-0.39, 0.29) is 11.5 Å². The number of halogens is 1. The zero-order chi connectivity index (χ0) is 24.9. The summed E-state index contributed by atoms with van der Waals surface area (Å²) in [6.45, 7) is 0.395. The Morgan fingerprint density at radius 1 is 1.11 bits per heavy atom. The summed E-state index contributed by atoms with van der Waals surface area (Å²) in [4.78, 5) is 30.5. The number of carboxylic acid groups (broad SMARTS) is 1. The fraction of sp³-hybridized carbons (Fsp3) is 0.115. The first kappa shape index (κ1) is 24.6. The van der Waals surface area contributed by atoms with Gasteiger partial charge in [-0.15, -0.1) is 0 Å². The van der Waals surface area contributed by atoms with Crippen molar-refractivity contribution in [2.24, 2.45) is 4.99 Å². The van der Waals surface area contributed by atoms with Crippen molar-refractivity contribution in [2.75, 3.05) is 14.2 Å². The maximum absolute atomic E-state index is 12.9. The fourth-order valence-corrected chi connectivity index (χ4v) is 4.70. The summed E-state index contributed by atoms with van der Waals surface area (Å²) in [6.07, 6.45) is 1.76. The van der Waals surface area contributed by atoms with Crippen LogP contribution in [0.5, 0.6) is 11.5 Å². The molecule has 3 aromatic carbocycles. The zero-order valence-corrected chi connectivity index (χ0v) is 21.3. The molecule has 0 unspecified atom stereocenters. The number of thioether (sulfide) groups is 1. The molecule has 3 aromatic rings. The normalized spacial score (nSPS) is 15.6. The topological polar surface area (TPSA) is 88.4 Å². The molecule has 1 N–H and O–H groups in total. The summed E-state index contributed by atoms with van der Waals surface area (Å²) in [5.41, 5.74) is 2.36. The zero-order valence-electron chi connectivity index (χ0n) is 18.9. The van der Waals surface area contributed by atoms with E-state index in [0.717, 1.165) is 15.6 Å². The predicted molar refractivity (Wildman–Crippen MR) is 140 cm³/mol. The van der Waals surface area contributed by atoms with Gasteiger partial charge in [0.1, 0.15) is 6.61 Å². The summed E-state index contributed by atoms with van der Waals surface area (Å²) >= 11 is 4.78. The number of carboxylic acids is 1. The number of carbonyl (C=O) groups is 2. The van der Waals surface area contributed by atoms with E-state index in [1.54, 1.807) is 38.4 Å². The van der Waals surface area contributed by atoms with Gasteiger partial charge in [0, 0.05) is 11.5 Å². The molecule has 7 nitrogen and oxygen atoms in total. The number of likely N-dealkylation sites (N-methyl/N-ethyl adjacent to an activating group) is 1. The number of amides is 1. The van der Waals surface area contributed by atoms with E-state index in [1.807, 2.05) is 36.4 Å². The molecule has 0 atom stereocenters. The van der Waals surface area contributed by atoms with Gasteiger partial charge in [-0.3, -0.25) is 9.69 Å². The van der Waals surface area contributed by atoms with Crippen molar-refractivity contribution in [2.45, 2.75) is 6.61 Å². The van der Waals surface area contributed by atoms with Gasteiger partial charge in [-0.1, -0.05) is 52.3 Å². The van der Waals surface area contributed by atoms with Crippen LogP contribution in [0.4, 0.5) is 5.69 Å². The molecule has 1 aliphatic rings. The first-order chi connectivity index (χ1) is 16.9. The number of amidine groups is 1. The van der Waals surface area contributed by atoms with Gasteiger partial charge >= 0.3 is 5.97 Å². The maximum atomic E-state index is 12.9. The Labute approximate surface area is 215 Å². The molecule has 1 aliphatic heterocycles. The van der Waals surface area contributed by atoms with E-state index in [1.165, 1.54) is 28.8 Å². The lowest BCUT2D eigenvalue weighted by molar-refractivity contribution is -0.121. The minimum absolute atomic E-state index is 0.130. The first-order valence-electron chi connectivity index (χ1n) is 10.5. The lowest BCUT2D eigenvalue weighted by Crippen LogP contribution is -2.23. The third kappa shape index (κ3) is 5.75. The molecule has 1 saturated heterocycles. The van der Waals surface area contributed by atoms with Crippen molar-refractivity contribution in [1.82, 2.24) is 4.90 Å². The Hall–Kier alpha value is -3.56. The van der Waals surface area contributed by atoms with Gasteiger partial charge in [-0.2, -0.15) is 0 Å². The van der Waals surface area contributed by atoms with Crippen LogP contribution in [0.3, 0.4) is 0 Å². The second-order valence-corrected chi connectivity index (χ2v) is 9.39. The monoisotopic (exact) mass is 552 g/mol. The number of rotatable bonds is 7. The first-order valence-corrected chi connectivity index (χ1v) is 12.1. The molecule has 0 bridgehead atoms. The van der Waals surface area contributed by atoms with Crippen molar-refractivity contribution in [1.29, 1.82) is 0 Å². The lowest BCUT2D eigenvalue weighted by Gasteiger charge is -2.13. The minimum atomic E-state index is -1.04. The van der Waals surface area contributed by atoms with E-state index >= 15 is 0 Å². The van der Waals surface area contributed by atoms with Gasteiger partial charge in [-0.25, -0.2) is 9.79 Å². The van der Waals surface area contributed by atoms with Crippen molar-refractivity contribution in [3.8, 4) is 11.5 Å². The summed E-state index contributed by atoms with van der Waals surface area (Å²) in [6, 6.07) is 19.7. The van der Waals surface area contributed by atoms with E-state index in [2.05, 4.69) is 20.9 Å². The summed E-state index contributed by atoms with van der Waals surface area (Å²) in [7, 11) is 3.20. The molecule has 0 aromatic heterocycles. The van der Waals surface area contributed by atoms with Crippen molar-refractivity contribution < 1.29 is 24.2 Å². The summed E-state index contributed by atoms with van der Waals surface area (Å²) < 4.78 is 12.2. The van der Waals surface area contributed by atoms with Gasteiger partial charge in [0.05, 0.1) is 23.3 Å². The standard InChI is InChI=1S/C26H21BrN2O5S/c1-29-24(30)23(35-26(29)28-19-10-6-9-17(11-19)25(31)32)13-18-12-21(33-2)22(14-20(18)27)34-15-16-7-4-3-5-8-16/h3-14H,15H2,1-2H3,(H,31,32)/b23-13-,28-26?. The Morgan fingerprint density at radius 3 is 2.60 bits per heavy atom. The Bertz CT molecular complexity index is 1340. The molecule has 0 saturated carbocycles. The Morgan fingerprint density at radius 2 is 1.89 bits per heavy atom. The molecule has 0 aliphatic carbocycles. The highest BCUT2D eigenvalue weighted by Crippen LogP contribution is 2.38. The number of hydrogen-bond donors (Lipinski definition) is 1. The van der Waals surface area contributed by atoms with Crippen LogP contribution in [0.25, 0.3) is 6.08 Å². The number of ether oxygens (including phenoxy) is 2. The molecule has 178 valence electrons. The van der Waals surface area contributed by atoms with Crippen LogP contribution in [0.2, 0.25) is 0 Å². The number of carbonyl (C=O) groups excluding carboxylic acids is 1. The molecule has 0 spiro atoms. The molecule has 9 heteroatoms. The van der Waals surface area contributed by atoms with E-state index in [9.17, 15) is 14.7 Å². The van der Waals surface area contributed by atoms with Crippen LogP contribution in [0.1, 0.15) is 21.5 Å². The number of nitrogens with zero attached hydrogens (tertiary/aromatic N) is 2.